The number of sulfonamides is 1. The lowest BCUT2D eigenvalue weighted by Gasteiger charge is -2.15. The normalized spacial score (nSPS) is 11.8. The number of rotatable bonds is 3. The number of benzene rings is 2. The smallest absolute Gasteiger partial charge is 0.243 e. The van der Waals surface area contributed by atoms with E-state index in [1.54, 1.807) is 18.2 Å². The van der Waals surface area contributed by atoms with Crippen LogP contribution in [0.5, 0.6) is 5.75 Å². The number of hydrogen-bond acceptors (Lipinski definition) is 3. The van der Waals surface area contributed by atoms with Crippen LogP contribution in [0.25, 0.3) is 11.1 Å². The highest BCUT2D eigenvalue weighted by Gasteiger charge is 2.21. The Morgan fingerprint density at radius 3 is 2.35 bits per heavy atom. The van der Waals surface area contributed by atoms with Gasteiger partial charge in [-0.1, -0.05) is 24.3 Å². The molecule has 0 radical (unpaired) electrons. The first-order chi connectivity index (χ1) is 9.34. The zero-order valence-corrected chi connectivity index (χ0v) is 11.9. The molecule has 0 fully saturated rings. The van der Waals surface area contributed by atoms with Crippen molar-refractivity contribution in [2.75, 3.05) is 14.1 Å². The number of halogens is 1. The highest BCUT2D eigenvalue weighted by atomic mass is 32.2. The van der Waals surface area contributed by atoms with Crippen molar-refractivity contribution >= 4 is 10.0 Å². The Labute approximate surface area is 117 Å². The Hall–Kier alpha value is -1.92. The first-order valence-electron chi connectivity index (χ1n) is 5.84. The Balaban J connectivity index is 2.67. The van der Waals surface area contributed by atoms with E-state index in [9.17, 15) is 17.9 Å². The molecule has 1 N–H and O–H groups in total. The van der Waals surface area contributed by atoms with Gasteiger partial charge in [0.05, 0.1) is 4.90 Å². The summed E-state index contributed by atoms with van der Waals surface area (Å²) < 4.78 is 39.1. The van der Waals surface area contributed by atoms with Crippen LogP contribution in [0, 0.1) is 5.82 Å². The predicted octanol–water partition coefficient (Wildman–Crippen LogP) is 2.45. The van der Waals surface area contributed by atoms with Gasteiger partial charge in [-0.05, 0) is 23.8 Å². The summed E-state index contributed by atoms with van der Waals surface area (Å²) in [5.74, 6) is -1.26. The van der Waals surface area contributed by atoms with E-state index >= 15 is 0 Å². The molecule has 0 spiro atoms. The van der Waals surface area contributed by atoms with Crippen molar-refractivity contribution in [3.8, 4) is 16.9 Å². The van der Waals surface area contributed by atoms with Crippen LogP contribution in [0.3, 0.4) is 0 Å². The van der Waals surface area contributed by atoms with Crippen molar-refractivity contribution in [3.05, 3.63) is 48.3 Å². The third-order valence-corrected chi connectivity index (χ3v) is 4.78. The van der Waals surface area contributed by atoms with Gasteiger partial charge < -0.3 is 5.11 Å². The van der Waals surface area contributed by atoms with Gasteiger partial charge in [-0.25, -0.2) is 17.1 Å². The fourth-order valence-electron chi connectivity index (χ4n) is 1.80. The molecule has 0 bridgehead atoms. The van der Waals surface area contributed by atoms with E-state index in [1.807, 2.05) is 0 Å². The summed E-state index contributed by atoms with van der Waals surface area (Å²) in [6, 6.07) is 10.1. The molecule has 0 unspecified atom stereocenters. The van der Waals surface area contributed by atoms with Crippen LogP contribution in [-0.2, 0) is 10.0 Å². The van der Waals surface area contributed by atoms with Gasteiger partial charge in [0.25, 0.3) is 0 Å². The van der Waals surface area contributed by atoms with Crippen molar-refractivity contribution in [3.63, 3.8) is 0 Å². The molecule has 2 rings (SSSR count). The Kier molecular flexibility index (Phi) is 3.78. The van der Waals surface area contributed by atoms with E-state index in [4.69, 9.17) is 0 Å². The second kappa shape index (κ2) is 5.22. The fourth-order valence-corrected chi connectivity index (χ4v) is 2.91. The van der Waals surface area contributed by atoms with Gasteiger partial charge in [0.2, 0.25) is 10.0 Å². The summed E-state index contributed by atoms with van der Waals surface area (Å²) in [4.78, 5) is 0.0927. The largest absolute Gasteiger partial charge is 0.505 e. The SMILES string of the molecule is CN(C)S(=O)(=O)c1ccccc1-c1ccc(O)c(F)c1. The molecule has 6 heteroatoms. The van der Waals surface area contributed by atoms with Gasteiger partial charge in [-0.3, -0.25) is 0 Å². The maximum Gasteiger partial charge on any atom is 0.243 e. The number of phenolic OH excluding ortho intramolecular Hbond substituents is 1. The summed E-state index contributed by atoms with van der Waals surface area (Å²) >= 11 is 0. The number of phenols is 1. The van der Waals surface area contributed by atoms with Crippen molar-refractivity contribution in [2.24, 2.45) is 0 Å². The molecular formula is C14H14FNO3S. The summed E-state index contributed by atoms with van der Waals surface area (Å²) in [7, 11) is -0.762. The van der Waals surface area contributed by atoms with Crippen LogP contribution in [0.4, 0.5) is 4.39 Å². The van der Waals surface area contributed by atoms with E-state index in [0.29, 0.717) is 11.1 Å². The van der Waals surface area contributed by atoms with Crippen LogP contribution in [0.15, 0.2) is 47.4 Å². The quantitative estimate of drug-likeness (QED) is 0.946. The molecule has 0 amide bonds. The van der Waals surface area contributed by atoms with E-state index in [-0.39, 0.29) is 4.90 Å². The van der Waals surface area contributed by atoms with E-state index in [1.165, 1.54) is 32.3 Å². The van der Waals surface area contributed by atoms with Crippen molar-refractivity contribution in [2.45, 2.75) is 4.90 Å². The molecule has 0 saturated heterocycles. The number of hydrogen-bond donors (Lipinski definition) is 1. The Morgan fingerprint density at radius 1 is 1.10 bits per heavy atom. The van der Waals surface area contributed by atoms with Crippen LogP contribution in [-0.4, -0.2) is 31.9 Å². The maximum atomic E-state index is 13.4. The second-order valence-electron chi connectivity index (χ2n) is 4.45. The average molecular weight is 295 g/mol. The third kappa shape index (κ3) is 2.52. The van der Waals surface area contributed by atoms with Gasteiger partial charge in [-0.15, -0.1) is 0 Å². The monoisotopic (exact) mass is 295 g/mol. The minimum atomic E-state index is -3.63. The molecule has 0 aliphatic carbocycles. The second-order valence-corrected chi connectivity index (χ2v) is 6.57. The highest BCUT2D eigenvalue weighted by Crippen LogP contribution is 2.30. The molecule has 2 aromatic rings. The van der Waals surface area contributed by atoms with Crippen molar-refractivity contribution < 1.29 is 17.9 Å². The highest BCUT2D eigenvalue weighted by molar-refractivity contribution is 7.89. The van der Waals surface area contributed by atoms with Crippen LogP contribution < -0.4 is 0 Å². The molecule has 4 nitrogen and oxygen atoms in total. The summed E-state index contributed by atoms with van der Waals surface area (Å²) in [5, 5.41) is 9.21. The minimum absolute atomic E-state index is 0.0927. The van der Waals surface area contributed by atoms with Gasteiger partial charge in [0.1, 0.15) is 0 Å². The van der Waals surface area contributed by atoms with E-state index < -0.39 is 21.6 Å². The lowest BCUT2D eigenvalue weighted by atomic mass is 10.1. The molecule has 0 aliphatic rings. The van der Waals surface area contributed by atoms with Gasteiger partial charge >= 0.3 is 0 Å². The van der Waals surface area contributed by atoms with Crippen LogP contribution in [0.1, 0.15) is 0 Å². The molecule has 0 atom stereocenters. The Bertz CT molecular complexity index is 742. The topological polar surface area (TPSA) is 57.6 Å². The molecular weight excluding hydrogens is 281 g/mol. The van der Waals surface area contributed by atoms with Crippen molar-refractivity contribution in [1.29, 1.82) is 0 Å². The molecule has 106 valence electrons. The molecule has 0 saturated carbocycles. The van der Waals surface area contributed by atoms with Gasteiger partial charge in [0, 0.05) is 19.7 Å². The van der Waals surface area contributed by atoms with E-state index in [0.717, 1.165) is 10.4 Å². The fraction of sp³-hybridized carbons (Fsp3) is 0.143. The summed E-state index contributed by atoms with van der Waals surface area (Å²) in [6.45, 7) is 0. The maximum absolute atomic E-state index is 13.4. The van der Waals surface area contributed by atoms with Gasteiger partial charge in [0.15, 0.2) is 11.6 Å². The minimum Gasteiger partial charge on any atom is -0.505 e. The lowest BCUT2D eigenvalue weighted by Crippen LogP contribution is -2.22. The van der Waals surface area contributed by atoms with E-state index in [2.05, 4.69) is 0 Å². The van der Waals surface area contributed by atoms with Crippen LogP contribution in [0.2, 0.25) is 0 Å². The van der Waals surface area contributed by atoms with Gasteiger partial charge in [-0.2, -0.15) is 0 Å². The molecule has 20 heavy (non-hydrogen) atoms. The Morgan fingerprint density at radius 2 is 1.75 bits per heavy atom. The standard InChI is InChI=1S/C14H14FNO3S/c1-16(2)20(18,19)14-6-4-3-5-11(14)10-7-8-13(17)12(15)9-10/h3-9,17H,1-2H3. The summed E-state index contributed by atoms with van der Waals surface area (Å²) in [5.41, 5.74) is 0.779. The molecule has 0 heterocycles. The molecule has 0 aliphatic heterocycles. The number of nitrogens with zero attached hydrogens (tertiary/aromatic N) is 1. The molecule has 2 aromatic carbocycles. The first-order valence-corrected chi connectivity index (χ1v) is 7.28. The van der Waals surface area contributed by atoms with Crippen LogP contribution >= 0.6 is 0 Å². The van der Waals surface area contributed by atoms with Crippen molar-refractivity contribution in [1.82, 2.24) is 4.31 Å². The summed E-state index contributed by atoms with van der Waals surface area (Å²) in [6.07, 6.45) is 0. The zero-order chi connectivity index (χ0) is 14.9. The average Bonchev–Trinajstić information content (AvgIpc) is 2.41. The zero-order valence-electron chi connectivity index (χ0n) is 11.0. The predicted molar refractivity (Wildman–Crippen MR) is 74.4 cm³/mol. The third-order valence-electron chi connectivity index (χ3n) is 2.90. The molecule has 0 aromatic heterocycles. The lowest BCUT2D eigenvalue weighted by molar-refractivity contribution is 0.432. The number of aromatic hydroxyl groups is 1. The first kappa shape index (κ1) is 14.5.